The molecule has 0 aliphatic carbocycles. The summed E-state index contributed by atoms with van der Waals surface area (Å²) in [5.41, 5.74) is 5.08. The summed E-state index contributed by atoms with van der Waals surface area (Å²) in [6.07, 6.45) is 7.29. The molecule has 3 saturated heterocycles. The molecule has 3 aliphatic rings. The van der Waals surface area contributed by atoms with Gasteiger partial charge in [0.25, 0.3) is 0 Å². The van der Waals surface area contributed by atoms with Gasteiger partial charge >= 0.3 is 0 Å². The normalized spacial score (nSPS) is 19.9. The first-order chi connectivity index (χ1) is 38.6. The highest BCUT2D eigenvalue weighted by molar-refractivity contribution is 5.91. The van der Waals surface area contributed by atoms with Crippen LogP contribution in [0.2, 0.25) is 0 Å². The minimum absolute atomic E-state index is 0. The molecule has 0 amide bonds. The van der Waals surface area contributed by atoms with Gasteiger partial charge in [-0.1, -0.05) is 33.8 Å². The van der Waals surface area contributed by atoms with Crippen LogP contribution in [0.15, 0.2) is 97.5 Å². The SMILES string of the molecule is CC(C)C[C@H]1CN(c2ccc(F)c(-c3[nH]nc4ncccc34)n2)C[C@@H](C)N1.CC(C)C[C@H]1CN(c2ccc(F)c(-c3[nH]nc4ncccc34)n2)C[C@H](C)N1.COC(C)(C)C1CN(c2cccc(-c3[nH]nc4ncccc34)n2)CCN1.[HH].[HH].[HH]. The van der Waals surface area contributed by atoms with Crippen molar-refractivity contribution in [1.29, 1.82) is 0 Å². The third-order valence-corrected chi connectivity index (χ3v) is 15.1. The van der Waals surface area contributed by atoms with Crippen molar-refractivity contribution in [3.8, 4) is 34.2 Å². The van der Waals surface area contributed by atoms with Gasteiger partial charge in [-0.05, 0) is 125 Å². The largest absolute Gasteiger partial charge is 0.377 e. The molecule has 6 N–H and O–H groups in total. The number of halogens is 2. The summed E-state index contributed by atoms with van der Waals surface area (Å²) < 4.78 is 34.8. The van der Waals surface area contributed by atoms with Crippen molar-refractivity contribution in [3.63, 3.8) is 0 Å². The molecule has 19 nitrogen and oxygen atoms in total. The van der Waals surface area contributed by atoms with Crippen molar-refractivity contribution >= 4 is 50.6 Å². The molecule has 0 saturated carbocycles. The number of aromatic amines is 3. The van der Waals surface area contributed by atoms with Crippen LogP contribution in [0.3, 0.4) is 0 Å². The van der Waals surface area contributed by atoms with Crippen molar-refractivity contribution in [2.24, 2.45) is 11.8 Å². The fraction of sp³-hybridized carbons (Fsp3) is 0.441. The Bertz CT molecular complexity index is 3370. The lowest BCUT2D eigenvalue weighted by atomic mass is 9.96. The number of piperazine rings is 3. The number of ether oxygens (including phenoxy) is 1. The molecular weight excluding hydrogens is 1010 g/mol. The molecule has 9 aromatic heterocycles. The van der Waals surface area contributed by atoms with E-state index in [9.17, 15) is 8.78 Å². The van der Waals surface area contributed by atoms with E-state index >= 15 is 0 Å². The Morgan fingerprint density at radius 3 is 1.51 bits per heavy atom. The standard InChI is InChI=1S/2C20H25FN6.C19H24N6O.3H2/c2*1-12(2)9-14-11-27(10-13(3)23-14)17-7-6-16(21)19(24-17)18-15-5-4-8-22-20(15)26-25-18;1-19(2,26-3)15-12-25(11-10-20-15)16-8-4-7-14(22-16)17-13-6-5-9-21-18(13)24-23-17;;;/h2*4-8,12-14,23H,9-11H2,1-3H3,(H,22,25,26);4-9,15,20H,10-12H2,1-3H3,(H,21,23,24);3*1H/t13-,14+;13-,14-;;;;/m10..../s1. The summed E-state index contributed by atoms with van der Waals surface area (Å²) in [4.78, 5) is 33.7. The maximum absolute atomic E-state index is 14.6. The minimum atomic E-state index is -0.366. The molecule has 0 bridgehead atoms. The lowest BCUT2D eigenvalue weighted by Gasteiger charge is -2.41. The smallest absolute Gasteiger partial charge is 0.181 e. The second-order valence-corrected chi connectivity index (χ2v) is 22.7. The second-order valence-electron chi connectivity index (χ2n) is 22.7. The maximum atomic E-state index is 14.6. The molecule has 0 aromatic carbocycles. The van der Waals surface area contributed by atoms with Gasteiger partial charge in [0, 0.05) is 116 Å². The molecule has 0 radical (unpaired) electrons. The quantitative estimate of drug-likeness (QED) is 0.0671. The fourth-order valence-electron chi connectivity index (χ4n) is 11.1. The van der Waals surface area contributed by atoms with Gasteiger partial charge in [-0.2, -0.15) is 15.3 Å². The number of nitrogens with zero attached hydrogens (tertiary/aromatic N) is 12. The summed E-state index contributed by atoms with van der Waals surface area (Å²) in [6.45, 7) is 23.6. The van der Waals surface area contributed by atoms with E-state index in [4.69, 9.17) is 9.72 Å². The lowest BCUT2D eigenvalue weighted by Crippen LogP contribution is -2.60. The van der Waals surface area contributed by atoms with Gasteiger partial charge in [0.15, 0.2) is 28.6 Å². The van der Waals surface area contributed by atoms with Crippen LogP contribution in [0.5, 0.6) is 0 Å². The zero-order valence-electron chi connectivity index (χ0n) is 47.2. The van der Waals surface area contributed by atoms with Gasteiger partial charge in [0.05, 0.1) is 34.4 Å². The van der Waals surface area contributed by atoms with E-state index in [1.807, 2.05) is 48.5 Å². The van der Waals surface area contributed by atoms with E-state index in [1.54, 1.807) is 37.8 Å². The van der Waals surface area contributed by atoms with Gasteiger partial charge in [-0.15, -0.1) is 0 Å². The molecule has 5 atom stereocenters. The van der Waals surface area contributed by atoms with Crippen LogP contribution in [-0.4, -0.2) is 149 Å². The van der Waals surface area contributed by atoms with Crippen molar-refractivity contribution in [2.45, 2.75) is 104 Å². The molecule has 9 aromatic rings. The van der Waals surface area contributed by atoms with Crippen molar-refractivity contribution in [2.75, 3.05) is 67.6 Å². The van der Waals surface area contributed by atoms with Gasteiger partial charge < -0.3 is 35.4 Å². The van der Waals surface area contributed by atoms with Crippen molar-refractivity contribution in [3.05, 3.63) is 109 Å². The molecule has 12 heterocycles. The second kappa shape index (κ2) is 24.4. The van der Waals surface area contributed by atoms with E-state index in [2.05, 4.69) is 148 Å². The van der Waals surface area contributed by atoms with Crippen LogP contribution in [0, 0.1) is 23.5 Å². The predicted molar refractivity (Wildman–Crippen MR) is 319 cm³/mol. The van der Waals surface area contributed by atoms with E-state index in [1.165, 1.54) is 12.1 Å². The number of methoxy groups -OCH3 is 1. The van der Waals surface area contributed by atoms with E-state index in [0.29, 0.717) is 64.3 Å². The number of hydrogen-bond acceptors (Lipinski definition) is 16. The number of pyridine rings is 6. The molecule has 21 heteroatoms. The molecule has 3 aliphatic heterocycles. The predicted octanol–water partition coefficient (Wildman–Crippen LogP) is 9.70. The zero-order valence-corrected chi connectivity index (χ0v) is 47.2. The highest BCUT2D eigenvalue weighted by atomic mass is 19.1. The first-order valence-electron chi connectivity index (χ1n) is 27.8. The Kier molecular flexibility index (Phi) is 17.0. The molecule has 426 valence electrons. The molecule has 1 unspecified atom stereocenters. The van der Waals surface area contributed by atoms with Crippen LogP contribution in [0.4, 0.5) is 26.2 Å². The first kappa shape index (κ1) is 55.7. The highest BCUT2D eigenvalue weighted by Crippen LogP contribution is 2.32. The Balaban J connectivity index is 0.000000176. The van der Waals surface area contributed by atoms with Crippen LogP contribution >= 0.6 is 0 Å². The molecule has 0 spiro atoms. The number of nitrogens with one attached hydrogen (secondary N) is 6. The van der Waals surface area contributed by atoms with Crippen molar-refractivity contribution < 1.29 is 17.8 Å². The minimum Gasteiger partial charge on any atom is -0.377 e. The summed E-state index contributed by atoms with van der Waals surface area (Å²) in [7, 11) is 1.76. The van der Waals surface area contributed by atoms with Crippen LogP contribution in [-0.2, 0) is 4.74 Å². The first-order valence-corrected chi connectivity index (χ1v) is 27.8. The maximum Gasteiger partial charge on any atom is 0.181 e. The number of fused-ring (bicyclic) bond motifs is 3. The topological polar surface area (TPSA) is 218 Å². The van der Waals surface area contributed by atoms with E-state index < -0.39 is 0 Å². The highest BCUT2D eigenvalue weighted by Gasteiger charge is 2.34. The van der Waals surface area contributed by atoms with Gasteiger partial charge in [-0.3, -0.25) is 15.3 Å². The number of H-pyrrole nitrogens is 3. The van der Waals surface area contributed by atoms with Gasteiger partial charge in [0.1, 0.15) is 28.8 Å². The van der Waals surface area contributed by atoms with E-state index in [-0.39, 0.29) is 38.9 Å². The zero-order chi connectivity index (χ0) is 56.1. The Morgan fingerprint density at radius 1 is 0.575 bits per heavy atom. The fourth-order valence-corrected chi connectivity index (χ4v) is 11.1. The Labute approximate surface area is 470 Å². The molecule has 3 fully saturated rings. The number of aromatic nitrogens is 12. The molecule has 12 rings (SSSR count). The Hall–Kier alpha value is -7.59. The summed E-state index contributed by atoms with van der Waals surface area (Å²) in [6, 6.07) is 25.7. The van der Waals surface area contributed by atoms with Crippen molar-refractivity contribution in [1.82, 2.24) is 76.4 Å². The van der Waals surface area contributed by atoms with Crippen LogP contribution in [0.25, 0.3) is 67.3 Å². The average Bonchev–Trinajstić information content (AvgIpc) is 3.97. The van der Waals surface area contributed by atoms with Gasteiger partial charge in [0.2, 0.25) is 0 Å². The molecule has 80 heavy (non-hydrogen) atoms. The average molecular weight is 1100 g/mol. The van der Waals surface area contributed by atoms with E-state index in [0.717, 1.165) is 104 Å². The summed E-state index contributed by atoms with van der Waals surface area (Å²) in [5.74, 6) is 3.06. The monoisotopic (exact) mass is 1090 g/mol. The van der Waals surface area contributed by atoms with Crippen LogP contribution < -0.4 is 30.7 Å². The third kappa shape index (κ3) is 12.7. The summed E-state index contributed by atoms with van der Waals surface area (Å²) in [5, 5.41) is 34.9. The third-order valence-electron chi connectivity index (χ3n) is 15.1. The Morgan fingerprint density at radius 2 is 1.04 bits per heavy atom. The van der Waals surface area contributed by atoms with Gasteiger partial charge in [-0.25, -0.2) is 38.7 Å². The lowest BCUT2D eigenvalue weighted by molar-refractivity contribution is -0.0108. The summed E-state index contributed by atoms with van der Waals surface area (Å²) >= 11 is 0. The van der Waals surface area contributed by atoms with Crippen LogP contribution in [0.1, 0.15) is 72.5 Å². The molecular formula is C59H80F2N18O. The number of hydrogen-bond donors (Lipinski definition) is 6. The number of rotatable bonds is 12. The number of anilines is 3.